The number of hydrogen-bond donors (Lipinski definition) is 2. The second kappa shape index (κ2) is 5.39. The van der Waals surface area contributed by atoms with Crippen LogP contribution in [-0.2, 0) is 11.3 Å². The first kappa shape index (κ1) is 12.8. The Balaban J connectivity index is 1.62. The van der Waals surface area contributed by atoms with Gasteiger partial charge in [-0.25, -0.2) is 0 Å². The van der Waals surface area contributed by atoms with Crippen LogP contribution in [0.2, 0.25) is 0 Å². The van der Waals surface area contributed by atoms with Crippen molar-refractivity contribution in [3.63, 3.8) is 0 Å². The van der Waals surface area contributed by atoms with Gasteiger partial charge in [0, 0.05) is 24.8 Å². The Labute approximate surface area is 113 Å². The van der Waals surface area contributed by atoms with Gasteiger partial charge in [0.2, 0.25) is 0 Å². The van der Waals surface area contributed by atoms with Crippen molar-refractivity contribution in [3.8, 4) is 11.5 Å². The van der Waals surface area contributed by atoms with Crippen LogP contribution in [0, 0.1) is 5.92 Å². The quantitative estimate of drug-likeness (QED) is 0.853. The van der Waals surface area contributed by atoms with E-state index in [1.165, 1.54) is 12.8 Å². The number of aromatic hydroxyl groups is 1. The Kier molecular flexibility index (Phi) is 3.62. The van der Waals surface area contributed by atoms with Crippen molar-refractivity contribution < 1.29 is 14.6 Å². The molecule has 0 bridgehead atoms. The van der Waals surface area contributed by atoms with Gasteiger partial charge >= 0.3 is 0 Å². The Hall–Kier alpha value is -1.26. The molecule has 1 saturated heterocycles. The Morgan fingerprint density at radius 3 is 2.95 bits per heavy atom. The first-order chi connectivity index (χ1) is 9.29. The first-order valence-electron chi connectivity index (χ1n) is 6.99. The molecule has 1 heterocycles. The van der Waals surface area contributed by atoms with E-state index >= 15 is 0 Å². The lowest BCUT2D eigenvalue weighted by atomic mass is 10.1. The molecule has 0 radical (unpaired) electrons. The summed E-state index contributed by atoms with van der Waals surface area (Å²) in [5.41, 5.74) is 0.876. The van der Waals surface area contributed by atoms with Gasteiger partial charge in [0.15, 0.2) is 11.5 Å². The molecule has 1 aromatic rings. The van der Waals surface area contributed by atoms with Crippen LogP contribution in [0.3, 0.4) is 0 Å². The van der Waals surface area contributed by atoms with Crippen LogP contribution in [0.25, 0.3) is 0 Å². The third-order valence-electron chi connectivity index (χ3n) is 4.08. The fourth-order valence-electron chi connectivity index (χ4n) is 2.84. The maximum absolute atomic E-state index is 10.1. The first-order valence-corrected chi connectivity index (χ1v) is 6.99. The Bertz CT molecular complexity index is 445. The highest BCUT2D eigenvalue weighted by Gasteiger charge is 2.40. The number of benzene rings is 1. The molecule has 2 fully saturated rings. The number of hydrogen-bond acceptors (Lipinski definition) is 4. The summed E-state index contributed by atoms with van der Waals surface area (Å²) < 4.78 is 10.9. The minimum absolute atomic E-state index is 0.236. The number of rotatable bonds is 5. The third-order valence-corrected chi connectivity index (χ3v) is 4.08. The van der Waals surface area contributed by atoms with Crippen molar-refractivity contribution in [2.75, 3.05) is 13.7 Å². The van der Waals surface area contributed by atoms with Crippen molar-refractivity contribution in [1.82, 2.24) is 5.32 Å². The molecule has 2 atom stereocenters. The maximum Gasteiger partial charge on any atom is 0.162 e. The molecule has 1 aliphatic carbocycles. The number of phenolic OH excluding ortho intramolecular Hbond substituents is 1. The van der Waals surface area contributed by atoms with Gasteiger partial charge in [-0.2, -0.15) is 0 Å². The molecule has 19 heavy (non-hydrogen) atoms. The third kappa shape index (κ3) is 2.69. The average molecular weight is 263 g/mol. The molecule has 104 valence electrons. The minimum Gasteiger partial charge on any atom is -0.504 e. The smallest absolute Gasteiger partial charge is 0.162 e. The van der Waals surface area contributed by atoms with Crippen LogP contribution in [0.5, 0.6) is 11.5 Å². The van der Waals surface area contributed by atoms with Gasteiger partial charge in [0.1, 0.15) is 0 Å². The highest BCUT2D eigenvalue weighted by Crippen LogP contribution is 2.39. The largest absolute Gasteiger partial charge is 0.504 e. The van der Waals surface area contributed by atoms with E-state index in [4.69, 9.17) is 9.47 Å². The lowest BCUT2D eigenvalue weighted by Crippen LogP contribution is -2.37. The summed E-state index contributed by atoms with van der Waals surface area (Å²) in [7, 11) is 1.57. The molecule has 2 unspecified atom stereocenters. The van der Waals surface area contributed by atoms with E-state index in [1.54, 1.807) is 13.2 Å². The second-order valence-corrected chi connectivity index (χ2v) is 5.42. The zero-order valence-corrected chi connectivity index (χ0v) is 11.3. The molecule has 0 spiro atoms. The van der Waals surface area contributed by atoms with Crippen LogP contribution in [0.15, 0.2) is 18.2 Å². The monoisotopic (exact) mass is 263 g/mol. The normalized spacial score (nSPS) is 26.6. The summed E-state index contributed by atoms with van der Waals surface area (Å²) >= 11 is 0. The zero-order valence-electron chi connectivity index (χ0n) is 11.3. The Morgan fingerprint density at radius 2 is 2.21 bits per heavy atom. The van der Waals surface area contributed by atoms with Crippen LogP contribution < -0.4 is 10.1 Å². The fraction of sp³-hybridized carbons (Fsp3) is 0.600. The number of para-hydroxylation sites is 1. The van der Waals surface area contributed by atoms with E-state index in [0.717, 1.165) is 24.5 Å². The molecule has 4 nitrogen and oxygen atoms in total. The molecule has 3 rings (SSSR count). The standard InChI is InChI=1S/C15H21NO3/c1-18-13-4-2-3-11(14(13)17)9-16-12-7-8-19-15(12)10-5-6-10/h2-4,10,12,15-17H,5-9H2,1H3. The van der Waals surface area contributed by atoms with Crippen molar-refractivity contribution >= 4 is 0 Å². The van der Waals surface area contributed by atoms with Gasteiger partial charge < -0.3 is 19.9 Å². The van der Waals surface area contributed by atoms with Crippen molar-refractivity contribution in [1.29, 1.82) is 0 Å². The molecular formula is C15H21NO3. The molecular weight excluding hydrogens is 242 g/mol. The van der Waals surface area contributed by atoms with E-state index in [9.17, 15) is 5.11 Å². The van der Waals surface area contributed by atoms with Crippen molar-refractivity contribution in [3.05, 3.63) is 23.8 Å². The highest BCUT2D eigenvalue weighted by molar-refractivity contribution is 5.45. The number of phenols is 1. The molecule has 2 aliphatic rings. The van der Waals surface area contributed by atoms with Crippen LogP contribution >= 0.6 is 0 Å². The molecule has 0 aromatic heterocycles. The molecule has 0 amide bonds. The zero-order chi connectivity index (χ0) is 13.2. The lowest BCUT2D eigenvalue weighted by molar-refractivity contribution is 0.0808. The summed E-state index contributed by atoms with van der Waals surface area (Å²) in [5, 5.41) is 13.6. The summed E-state index contributed by atoms with van der Waals surface area (Å²) in [5.74, 6) is 1.51. The summed E-state index contributed by atoms with van der Waals surface area (Å²) in [6, 6.07) is 6.01. The van der Waals surface area contributed by atoms with Crippen molar-refractivity contribution in [2.24, 2.45) is 5.92 Å². The van der Waals surface area contributed by atoms with Gasteiger partial charge in [-0.15, -0.1) is 0 Å². The van der Waals surface area contributed by atoms with Gasteiger partial charge in [-0.1, -0.05) is 12.1 Å². The fourth-order valence-corrected chi connectivity index (χ4v) is 2.84. The number of ether oxygens (including phenoxy) is 2. The van der Waals surface area contributed by atoms with E-state index in [1.807, 2.05) is 12.1 Å². The maximum atomic E-state index is 10.1. The molecule has 1 aromatic carbocycles. The molecule has 1 aliphatic heterocycles. The van der Waals surface area contributed by atoms with Crippen LogP contribution in [-0.4, -0.2) is 31.0 Å². The van der Waals surface area contributed by atoms with E-state index in [-0.39, 0.29) is 5.75 Å². The van der Waals surface area contributed by atoms with Gasteiger partial charge in [-0.05, 0) is 31.2 Å². The molecule has 4 heteroatoms. The van der Waals surface area contributed by atoms with E-state index in [2.05, 4.69) is 5.32 Å². The summed E-state index contributed by atoms with van der Waals surface area (Å²) in [4.78, 5) is 0. The number of nitrogens with one attached hydrogen (secondary N) is 1. The predicted octanol–water partition coefficient (Wildman–Crippen LogP) is 2.06. The van der Waals surface area contributed by atoms with Crippen LogP contribution in [0.4, 0.5) is 0 Å². The highest BCUT2D eigenvalue weighted by atomic mass is 16.5. The van der Waals surface area contributed by atoms with Crippen molar-refractivity contribution in [2.45, 2.75) is 38.0 Å². The molecule has 1 saturated carbocycles. The van der Waals surface area contributed by atoms with Gasteiger partial charge in [0.05, 0.1) is 13.2 Å². The lowest BCUT2D eigenvalue weighted by Gasteiger charge is -2.20. The molecule has 2 N–H and O–H groups in total. The van der Waals surface area contributed by atoms with Gasteiger partial charge in [0.25, 0.3) is 0 Å². The topological polar surface area (TPSA) is 50.7 Å². The summed E-state index contributed by atoms with van der Waals surface area (Å²) in [6.07, 6.45) is 4.03. The second-order valence-electron chi connectivity index (χ2n) is 5.42. The SMILES string of the molecule is COc1cccc(CNC2CCOC2C2CC2)c1O. The Morgan fingerprint density at radius 1 is 1.37 bits per heavy atom. The number of methoxy groups -OCH3 is 1. The van der Waals surface area contributed by atoms with Crippen LogP contribution in [0.1, 0.15) is 24.8 Å². The summed E-state index contributed by atoms with van der Waals surface area (Å²) in [6.45, 7) is 1.50. The predicted molar refractivity (Wildman–Crippen MR) is 72.4 cm³/mol. The average Bonchev–Trinajstić information content (AvgIpc) is 3.17. The van der Waals surface area contributed by atoms with E-state index in [0.29, 0.717) is 24.4 Å². The van der Waals surface area contributed by atoms with E-state index < -0.39 is 0 Å². The van der Waals surface area contributed by atoms with Gasteiger partial charge in [-0.3, -0.25) is 0 Å². The minimum atomic E-state index is 0.236.